The van der Waals surface area contributed by atoms with Crippen molar-refractivity contribution >= 4 is 29.1 Å². The van der Waals surface area contributed by atoms with Gasteiger partial charge in [-0.15, -0.1) is 0 Å². The third-order valence-electron chi connectivity index (χ3n) is 3.26. The van der Waals surface area contributed by atoms with Crippen LogP contribution < -0.4 is 10.6 Å². The molecular weight excluding hydrogens is 345 g/mol. The maximum atomic E-state index is 12.1. The molecule has 0 saturated heterocycles. The maximum Gasteiger partial charge on any atom is 0.263 e. The van der Waals surface area contributed by atoms with Crippen LogP contribution in [0, 0.1) is 11.3 Å². The predicted octanol–water partition coefficient (Wildman–Crippen LogP) is 3.81. The van der Waals surface area contributed by atoms with Gasteiger partial charge in [-0.25, -0.2) is 0 Å². The van der Waals surface area contributed by atoms with Crippen molar-refractivity contribution in [3.05, 3.63) is 81.5 Å². The number of nitrogens with one attached hydrogen (secondary N) is 2. The van der Waals surface area contributed by atoms with Crippen LogP contribution in [0.25, 0.3) is 0 Å². The number of rotatable bonds is 6. The average molecular weight is 360 g/mol. The fourth-order valence-corrected chi connectivity index (χ4v) is 2.37. The SMILES string of the molecule is N#C/C(=C/NCc1ccccc1Cl)C(=O)NCc1ccccc1Cl. The summed E-state index contributed by atoms with van der Waals surface area (Å²) in [6.07, 6.45) is 1.38. The Morgan fingerprint density at radius 1 is 1.00 bits per heavy atom. The molecule has 4 nitrogen and oxygen atoms in total. The molecule has 0 aliphatic rings. The third kappa shape index (κ3) is 5.02. The van der Waals surface area contributed by atoms with Crippen LogP contribution in [0.2, 0.25) is 10.0 Å². The molecule has 0 aliphatic heterocycles. The molecule has 6 heteroatoms. The monoisotopic (exact) mass is 359 g/mol. The Morgan fingerprint density at radius 2 is 1.54 bits per heavy atom. The maximum absolute atomic E-state index is 12.1. The first-order valence-electron chi connectivity index (χ1n) is 7.20. The molecule has 0 atom stereocenters. The minimum atomic E-state index is -0.468. The molecule has 0 fully saturated rings. The predicted molar refractivity (Wildman–Crippen MR) is 95.3 cm³/mol. The Hall–Kier alpha value is -2.48. The summed E-state index contributed by atoms with van der Waals surface area (Å²) in [4.78, 5) is 12.1. The number of carbonyl (C=O) groups excluding carboxylic acids is 1. The van der Waals surface area contributed by atoms with Crippen LogP contribution in [0.3, 0.4) is 0 Å². The first-order chi connectivity index (χ1) is 11.6. The van der Waals surface area contributed by atoms with Gasteiger partial charge in [0.05, 0.1) is 0 Å². The molecule has 1 amide bonds. The smallest absolute Gasteiger partial charge is 0.263 e. The van der Waals surface area contributed by atoms with Crippen molar-refractivity contribution in [2.24, 2.45) is 0 Å². The second-order valence-corrected chi connectivity index (χ2v) is 5.73. The summed E-state index contributed by atoms with van der Waals surface area (Å²) in [5, 5.41) is 15.9. The molecular formula is C18H15Cl2N3O. The van der Waals surface area contributed by atoms with E-state index in [4.69, 9.17) is 28.5 Å². The van der Waals surface area contributed by atoms with Gasteiger partial charge in [0.25, 0.3) is 5.91 Å². The van der Waals surface area contributed by atoms with Gasteiger partial charge in [-0.05, 0) is 23.3 Å². The number of hydrogen-bond acceptors (Lipinski definition) is 3. The van der Waals surface area contributed by atoms with Crippen LogP contribution in [0.5, 0.6) is 0 Å². The van der Waals surface area contributed by atoms with Crippen LogP contribution in [-0.2, 0) is 17.9 Å². The molecule has 0 heterocycles. The molecule has 0 radical (unpaired) electrons. The molecule has 0 saturated carbocycles. The van der Waals surface area contributed by atoms with E-state index in [1.165, 1.54) is 6.20 Å². The lowest BCUT2D eigenvalue weighted by Gasteiger charge is -2.07. The van der Waals surface area contributed by atoms with Gasteiger partial charge >= 0.3 is 0 Å². The molecule has 2 rings (SSSR count). The number of halogens is 2. The summed E-state index contributed by atoms with van der Waals surface area (Å²) in [5.74, 6) is -0.468. The number of hydrogen-bond donors (Lipinski definition) is 2. The highest BCUT2D eigenvalue weighted by Gasteiger charge is 2.09. The fourth-order valence-electron chi connectivity index (χ4n) is 1.97. The Bertz CT molecular complexity index is 797. The summed E-state index contributed by atoms with van der Waals surface area (Å²) in [6.45, 7) is 0.671. The van der Waals surface area contributed by atoms with E-state index in [-0.39, 0.29) is 12.1 Å². The fraction of sp³-hybridized carbons (Fsp3) is 0.111. The molecule has 0 unspecified atom stereocenters. The molecule has 2 aromatic rings. The number of benzene rings is 2. The van der Waals surface area contributed by atoms with Crippen LogP contribution in [0.15, 0.2) is 60.3 Å². The van der Waals surface area contributed by atoms with Gasteiger partial charge in [0.2, 0.25) is 0 Å². The van der Waals surface area contributed by atoms with Crippen LogP contribution in [0.4, 0.5) is 0 Å². The van der Waals surface area contributed by atoms with E-state index in [1.54, 1.807) is 12.1 Å². The molecule has 0 aromatic heterocycles. The van der Waals surface area contributed by atoms with Gasteiger partial charge in [-0.3, -0.25) is 4.79 Å². The normalized spacial score (nSPS) is 10.8. The Balaban J connectivity index is 1.92. The quantitative estimate of drug-likeness (QED) is 0.608. The molecule has 0 aliphatic carbocycles. The second kappa shape index (κ2) is 8.97. The van der Waals surface area contributed by atoms with E-state index in [9.17, 15) is 4.79 Å². The molecule has 0 bridgehead atoms. The highest BCUT2D eigenvalue weighted by atomic mass is 35.5. The highest BCUT2D eigenvalue weighted by Crippen LogP contribution is 2.15. The standard InChI is InChI=1S/C18H15Cl2N3O/c19-16-7-3-1-5-13(16)10-22-11-15(9-21)18(24)23-12-14-6-2-4-8-17(14)20/h1-8,11,22H,10,12H2,(H,23,24)/b15-11-. The Labute approximate surface area is 150 Å². The van der Waals surface area contributed by atoms with Crippen molar-refractivity contribution in [3.8, 4) is 6.07 Å². The van der Waals surface area contributed by atoms with Gasteiger partial charge in [0, 0.05) is 29.3 Å². The molecule has 122 valence electrons. The second-order valence-electron chi connectivity index (χ2n) is 4.92. The summed E-state index contributed by atoms with van der Waals surface area (Å²) >= 11 is 12.1. The lowest BCUT2D eigenvalue weighted by Crippen LogP contribution is -2.25. The van der Waals surface area contributed by atoms with Crippen molar-refractivity contribution < 1.29 is 4.79 Å². The average Bonchev–Trinajstić information content (AvgIpc) is 2.59. The zero-order chi connectivity index (χ0) is 17.4. The van der Waals surface area contributed by atoms with E-state index < -0.39 is 5.91 Å². The van der Waals surface area contributed by atoms with E-state index in [2.05, 4.69) is 10.6 Å². The number of carbonyl (C=O) groups is 1. The van der Waals surface area contributed by atoms with Crippen molar-refractivity contribution in [2.45, 2.75) is 13.1 Å². The number of nitrogens with zero attached hydrogens (tertiary/aromatic N) is 1. The minimum absolute atomic E-state index is 0.0193. The summed E-state index contributed by atoms with van der Waals surface area (Å²) in [7, 11) is 0. The zero-order valence-corrected chi connectivity index (χ0v) is 14.2. The highest BCUT2D eigenvalue weighted by molar-refractivity contribution is 6.31. The summed E-state index contributed by atoms with van der Waals surface area (Å²) in [5.41, 5.74) is 1.65. The first kappa shape index (κ1) is 17.9. The van der Waals surface area contributed by atoms with Gasteiger partial charge in [-0.2, -0.15) is 5.26 Å². The lowest BCUT2D eigenvalue weighted by molar-refractivity contribution is -0.117. The summed E-state index contributed by atoms with van der Waals surface area (Å²) < 4.78 is 0. The molecule has 24 heavy (non-hydrogen) atoms. The van der Waals surface area contributed by atoms with E-state index >= 15 is 0 Å². The van der Waals surface area contributed by atoms with E-state index in [0.717, 1.165) is 11.1 Å². The molecule has 0 spiro atoms. The molecule has 2 N–H and O–H groups in total. The number of amides is 1. The van der Waals surface area contributed by atoms with Crippen molar-refractivity contribution in [2.75, 3.05) is 0 Å². The Kier molecular flexibility index (Phi) is 6.68. The van der Waals surface area contributed by atoms with Gasteiger partial charge in [0.1, 0.15) is 11.6 Å². The van der Waals surface area contributed by atoms with Crippen molar-refractivity contribution in [1.29, 1.82) is 5.26 Å². The topological polar surface area (TPSA) is 64.9 Å². The van der Waals surface area contributed by atoms with Gasteiger partial charge in [0.15, 0.2) is 0 Å². The number of nitriles is 1. The van der Waals surface area contributed by atoms with Crippen LogP contribution >= 0.6 is 23.2 Å². The van der Waals surface area contributed by atoms with Gasteiger partial charge < -0.3 is 10.6 Å². The first-order valence-corrected chi connectivity index (χ1v) is 7.96. The Morgan fingerprint density at radius 3 is 2.08 bits per heavy atom. The largest absolute Gasteiger partial charge is 0.386 e. The van der Waals surface area contributed by atoms with Crippen molar-refractivity contribution in [3.63, 3.8) is 0 Å². The third-order valence-corrected chi connectivity index (χ3v) is 4.00. The van der Waals surface area contributed by atoms with Crippen LogP contribution in [0.1, 0.15) is 11.1 Å². The lowest BCUT2D eigenvalue weighted by atomic mass is 10.2. The minimum Gasteiger partial charge on any atom is -0.386 e. The van der Waals surface area contributed by atoms with Crippen molar-refractivity contribution in [1.82, 2.24) is 10.6 Å². The zero-order valence-electron chi connectivity index (χ0n) is 12.7. The van der Waals surface area contributed by atoms with Crippen LogP contribution in [-0.4, -0.2) is 5.91 Å². The van der Waals surface area contributed by atoms with E-state index in [0.29, 0.717) is 16.6 Å². The summed E-state index contributed by atoms with van der Waals surface area (Å²) in [6, 6.07) is 16.4. The molecule has 2 aromatic carbocycles. The van der Waals surface area contributed by atoms with Gasteiger partial charge in [-0.1, -0.05) is 59.6 Å². The van der Waals surface area contributed by atoms with E-state index in [1.807, 2.05) is 42.5 Å².